The maximum absolute atomic E-state index is 14.5. The largest absolute Gasteiger partial charge is 0.443 e. The van der Waals surface area contributed by atoms with Crippen molar-refractivity contribution in [3.8, 4) is 22.3 Å². The summed E-state index contributed by atoms with van der Waals surface area (Å²) in [6, 6.07) is 9.07. The van der Waals surface area contributed by atoms with Gasteiger partial charge in [0.1, 0.15) is 17.2 Å². The summed E-state index contributed by atoms with van der Waals surface area (Å²) in [6.07, 6.45) is 5.96. The molecule has 0 saturated heterocycles. The fourth-order valence-corrected chi connectivity index (χ4v) is 5.85. The highest BCUT2D eigenvalue weighted by molar-refractivity contribution is 6.12. The maximum Gasteiger partial charge on any atom is 0.419 e. The molecule has 0 fully saturated rings. The van der Waals surface area contributed by atoms with Gasteiger partial charge >= 0.3 is 6.09 Å². The van der Waals surface area contributed by atoms with Crippen LogP contribution in [0, 0.1) is 25.5 Å². The van der Waals surface area contributed by atoms with Crippen LogP contribution in [0.1, 0.15) is 45.7 Å². The molecule has 0 saturated carbocycles. The van der Waals surface area contributed by atoms with Gasteiger partial charge in [-0.25, -0.2) is 37.8 Å². The van der Waals surface area contributed by atoms with Gasteiger partial charge in [-0.2, -0.15) is 10.2 Å². The summed E-state index contributed by atoms with van der Waals surface area (Å²) in [5.74, 6) is -0.754. The van der Waals surface area contributed by atoms with Gasteiger partial charge in [0.15, 0.2) is 11.3 Å². The number of hydrogen-bond donors (Lipinski definition) is 0. The molecule has 11 heteroatoms. The second kappa shape index (κ2) is 11.6. The van der Waals surface area contributed by atoms with Crippen LogP contribution >= 0.6 is 0 Å². The smallest absolute Gasteiger partial charge is 0.419 e. The van der Waals surface area contributed by atoms with Crippen molar-refractivity contribution in [1.82, 2.24) is 29.5 Å². The Morgan fingerprint density at radius 2 is 1.20 bits per heavy atom. The quantitative estimate of drug-likeness (QED) is 0.185. The Labute approximate surface area is 265 Å². The molecule has 0 aliphatic rings. The molecular weight excluding hydrogens is 588 g/mol. The van der Waals surface area contributed by atoms with Crippen molar-refractivity contribution in [2.75, 3.05) is 4.90 Å². The first kappa shape index (κ1) is 30.8. The van der Waals surface area contributed by atoms with E-state index in [1.165, 1.54) is 29.2 Å². The van der Waals surface area contributed by atoms with Gasteiger partial charge in [-0.3, -0.25) is 0 Å². The van der Waals surface area contributed by atoms with E-state index in [-0.39, 0.29) is 11.6 Å². The fourth-order valence-electron chi connectivity index (χ4n) is 5.85. The average Bonchev–Trinajstić information content (AvgIpc) is 3.61. The predicted octanol–water partition coefficient (Wildman–Crippen LogP) is 8.52. The van der Waals surface area contributed by atoms with E-state index in [0.717, 1.165) is 0 Å². The molecular formula is C35H35F2N7O2. The number of nitrogens with zero attached hydrogens (tertiary/aromatic N) is 7. The summed E-state index contributed by atoms with van der Waals surface area (Å²) in [4.78, 5) is 25.5. The van der Waals surface area contributed by atoms with Crippen LogP contribution in [-0.2, 0) is 17.8 Å². The van der Waals surface area contributed by atoms with Gasteiger partial charge in [0.05, 0.1) is 36.2 Å². The Morgan fingerprint density at radius 1 is 0.761 bits per heavy atom. The SMILES string of the molecule is CCn1ncc2c(-c3ccc(F)cc3C)c(N(C(=O)OC(C)(C)C)c3cnc4c(cnn4CC)c3-c3ccc(F)cc3C)cnc21. The number of carbonyl (C=O) groups is 1. The average molecular weight is 624 g/mol. The first-order valence-corrected chi connectivity index (χ1v) is 15.2. The summed E-state index contributed by atoms with van der Waals surface area (Å²) in [5.41, 5.74) is 5.10. The monoisotopic (exact) mass is 623 g/mol. The van der Waals surface area contributed by atoms with E-state index in [9.17, 15) is 13.6 Å². The summed E-state index contributed by atoms with van der Waals surface area (Å²) < 4.78 is 38.4. The molecule has 6 rings (SSSR count). The second-order valence-corrected chi connectivity index (χ2v) is 12.2. The number of aryl methyl sites for hydroxylation is 4. The number of ether oxygens (including phenoxy) is 1. The maximum atomic E-state index is 14.5. The van der Waals surface area contributed by atoms with E-state index < -0.39 is 11.7 Å². The third kappa shape index (κ3) is 5.35. The number of aromatic nitrogens is 6. The Balaban J connectivity index is 1.75. The zero-order chi connectivity index (χ0) is 32.9. The highest BCUT2D eigenvalue weighted by atomic mass is 19.1. The molecule has 0 bridgehead atoms. The predicted molar refractivity (Wildman–Crippen MR) is 175 cm³/mol. The third-order valence-electron chi connectivity index (χ3n) is 7.86. The van der Waals surface area contributed by atoms with E-state index in [1.54, 1.807) is 67.1 Å². The van der Waals surface area contributed by atoms with Crippen molar-refractivity contribution >= 4 is 39.5 Å². The highest BCUT2D eigenvalue weighted by Gasteiger charge is 2.33. The van der Waals surface area contributed by atoms with Gasteiger partial charge in [-0.1, -0.05) is 12.1 Å². The molecule has 9 nitrogen and oxygen atoms in total. The Hall–Kier alpha value is -5.19. The van der Waals surface area contributed by atoms with Crippen molar-refractivity contribution in [2.24, 2.45) is 0 Å². The molecule has 46 heavy (non-hydrogen) atoms. The van der Waals surface area contributed by atoms with Gasteiger partial charge in [0, 0.05) is 35.0 Å². The van der Waals surface area contributed by atoms with Gasteiger partial charge in [-0.05, 0) is 95.0 Å². The number of amides is 1. The lowest BCUT2D eigenvalue weighted by molar-refractivity contribution is 0.0599. The molecule has 0 aliphatic carbocycles. The highest BCUT2D eigenvalue weighted by Crippen LogP contribution is 2.46. The van der Waals surface area contributed by atoms with Crippen LogP contribution < -0.4 is 4.90 Å². The number of halogens is 2. The molecule has 0 spiro atoms. The lowest BCUT2D eigenvalue weighted by Gasteiger charge is -2.30. The van der Waals surface area contributed by atoms with Gasteiger partial charge < -0.3 is 4.74 Å². The Kier molecular flexibility index (Phi) is 7.79. The number of hydrogen-bond acceptors (Lipinski definition) is 6. The number of fused-ring (bicyclic) bond motifs is 2. The van der Waals surface area contributed by atoms with Crippen molar-refractivity contribution in [1.29, 1.82) is 0 Å². The van der Waals surface area contributed by atoms with Gasteiger partial charge in [0.2, 0.25) is 0 Å². The summed E-state index contributed by atoms with van der Waals surface area (Å²) in [7, 11) is 0. The Bertz CT molecular complexity index is 1990. The lowest BCUT2D eigenvalue weighted by atomic mass is 9.94. The zero-order valence-corrected chi connectivity index (χ0v) is 26.9. The van der Waals surface area contributed by atoms with Crippen molar-refractivity contribution in [3.05, 3.63) is 83.9 Å². The zero-order valence-electron chi connectivity index (χ0n) is 26.9. The molecule has 4 aromatic heterocycles. The third-order valence-corrected chi connectivity index (χ3v) is 7.86. The van der Waals surface area contributed by atoms with Crippen molar-refractivity contribution in [3.63, 3.8) is 0 Å². The summed E-state index contributed by atoms with van der Waals surface area (Å²) in [6.45, 7) is 14.1. The van der Waals surface area contributed by atoms with E-state index >= 15 is 0 Å². The molecule has 236 valence electrons. The minimum absolute atomic E-state index is 0.377. The Morgan fingerprint density at radius 3 is 1.57 bits per heavy atom. The van der Waals surface area contributed by atoms with Crippen LogP contribution in [0.25, 0.3) is 44.3 Å². The van der Waals surface area contributed by atoms with Crippen LogP contribution in [0.2, 0.25) is 0 Å². The molecule has 0 aliphatic heterocycles. The van der Waals surface area contributed by atoms with Gasteiger partial charge in [-0.15, -0.1) is 0 Å². The minimum atomic E-state index is -0.859. The molecule has 1 amide bonds. The molecule has 4 heterocycles. The van der Waals surface area contributed by atoms with Crippen LogP contribution in [0.5, 0.6) is 0 Å². The fraction of sp³-hybridized carbons (Fsp3) is 0.286. The molecule has 0 unspecified atom stereocenters. The lowest BCUT2D eigenvalue weighted by Crippen LogP contribution is -2.34. The first-order chi connectivity index (χ1) is 21.9. The summed E-state index contributed by atoms with van der Waals surface area (Å²) >= 11 is 0. The minimum Gasteiger partial charge on any atom is -0.443 e. The van der Waals surface area contributed by atoms with Crippen molar-refractivity contribution in [2.45, 2.75) is 67.2 Å². The number of pyridine rings is 2. The normalized spacial score (nSPS) is 11.8. The van der Waals surface area contributed by atoms with Crippen LogP contribution in [-0.4, -0.2) is 41.2 Å². The van der Waals surface area contributed by atoms with E-state index in [4.69, 9.17) is 14.7 Å². The molecule has 0 N–H and O–H groups in total. The second-order valence-electron chi connectivity index (χ2n) is 12.2. The standard InChI is InChI=1S/C35H35F2N7O2/c1-8-42-32-26(16-40-42)30(24-12-10-22(36)14-20(24)3)28(18-38-32)44(34(45)46-35(5,6)7)29-19-39-33-27(17-41-43(33)9-2)31(29)25-13-11-23(37)15-21(25)4/h10-19H,8-9H2,1-7H3. The van der Waals surface area contributed by atoms with E-state index in [2.05, 4.69) is 10.2 Å². The number of benzene rings is 2. The molecule has 0 radical (unpaired) electrons. The molecule has 2 aromatic carbocycles. The van der Waals surface area contributed by atoms with Crippen LogP contribution in [0.4, 0.5) is 25.0 Å². The first-order valence-electron chi connectivity index (χ1n) is 15.2. The number of carbonyl (C=O) groups excluding carboxylic acids is 1. The van der Waals surface area contributed by atoms with Crippen LogP contribution in [0.3, 0.4) is 0 Å². The number of rotatable bonds is 6. The molecule has 6 aromatic rings. The van der Waals surface area contributed by atoms with Crippen LogP contribution in [0.15, 0.2) is 61.2 Å². The molecule has 0 atom stereocenters. The number of anilines is 2. The van der Waals surface area contributed by atoms with E-state index in [1.807, 2.05) is 27.7 Å². The van der Waals surface area contributed by atoms with E-state index in [0.29, 0.717) is 79.9 Å². The van der Waals surface area contributed by atoms with Gasteiger partial charge in [0.25, 0.3) is 0 Å². The van der Waals surface area contributed by atoms with Crippen molar-refractivity contribution < 1.29 is 18.3 Å². The summed E-state index contributed by atoms with van der Waals surface area (Å²) in [5, 5.41) is 10.5. The topological polar surface area (TPSA) is 91.0 Å².